The standard InChI is InChI=1S/C26H35N3O2/c1-3-6-21-8-10-22(11-9-21)25(30)12-13-26(31)28(2)24-15-19-29(20-16-24)18-14-23-7-4-5-17-27-23/h4-5,7-11,17,24H,3,6,12-16,18-20H2,1-2H3. The van der Waals surface area contributed by atoms with Crippen LogP contribution in [0.3, 0.4) is 0 Å². The maximum Gasteiger partial charge on any atom is 0.223 e. The predicted molar refractivity (Wildman–Crippen MR) is 124 cm³/mol. The van der Waals surface area contributed by atoms with Crippen LogP contribution in [0, 0.1) is 0 Å². The van der Waals surface area contributed by atoms with Gasteiger partial charge >= 0.3 is 0 Å². The number of Topliss-reactive ketones (excluding diaryl/α,β-unsaturated/α-hetero) is 1. The molecule has 0 bridgehead atoms. The number of nitrogens with zero attached hydrogens (tertiary/aromatic N) is 3. The van der Waals surface area contributed by atoms with E-state index < -0.39 is 0 Å². The average Bonchev–Trinajstić information content (AvgIpc) is 2.82. The number of ketones is 1. The minimum atomic E-state index is 0.0501. The summed E-state index contributed by atoms with van der Waals surface area (Å²) < 4.78 is 0. The van der Waals surface area contributed by atoms with Crippen LogP contribution in [0.5, 0.6) is 0 Å². The molecule has 3 rings (SSSR count). The number of rotatable bonds is 10. The summed E-state index contributed by atoms with van der Waals surface area (Å²) >= 11 is 0. The Bertz CT molecular complexity index is 827. The molecule has 1 amide bonds. The summed E-state index contributed by atoms with van der Waals surface area (Å²) in [5.41, 5.74) is 3.08. The fourth-order valence-electron chi connectivity index (χ4n) is 4.24. The lowest BCUT2D eigenvalue weighted by Crippen LogP contribution is -2.46. The first-order chi connectivity index (χ1) is 15.1. The van der Waals surface area contributed by atoms with Gasteiger partial charge in [-0.25, -0.2) is 0 Å². The number of carbonyl (C=O) groups is 2. The molecule has 1 aromatic heterocycles. The molecule has 31 heavy (non-hydrogen) atoms. The molecule has 5 heteroatoms. The molecule has 0 aliphatic carbocycles. The summed E-state index contributed by atoms with van der Waals surface area (Å²) in [5.74, 6) is 0.122. The Kier molecular flexibility index (Phi) is 8.77. The second-order valence-corrected chi connectivity index (χ2v) is 8.52. The van der Waals surface area contributed by atoms with Gasteiger partial charge < -0.3 is 9.80 Å². The third-order valence-electron chi connectivity index (χ3n) is 6.29. The van der Waals surface area contributed by atoms with Crippen molar-refractivity contribution in [2.45, 2.75) is 57.9 Å². The van der Waals surface area contributed by atoms with Crippen LogP contribution >= 0.6 is 0 Å². The van der Waals surface area contributed by atoms with Crippen LogP contribution < -0.4 is 0 Å². The Hall–Kier alpha value is -2.53. The van der Waals surface area contributed by atoms with Crippen molar-refractivity contribution in [2.24, 2.45) is 0 Å². The normalized spacial score (nSPS) is 15.0. The van der Waals surface area contributed by atoms with E-state index in [1.807, 2.05) is 54.5 Å². The van der Waals surface area contributed by atoms with Gasteiger partial charge in [0, 0.05) is 69.4 Å². The van der Waals surface area contributed by atoms with Crippen LogP contribution in [-0.2, 0) is 17.6 Å². The highest BCUT2D eigenvalue weighted by molar-refractivity contribution is 5.98. The van der Waals surface area contributed by atoms with Crippen LogP contribution in [0.1, 0.15) is 60.6 Å². The van der Waals surface area contributed by atoms with Gasteiger partial charge in [-0.15, -0.1) is 0 Å². The molecular formula is C26H35N3O2. The number of piperidine rings is 1. The van der Waals surface area contributed by atoms with E-state index in [4.69, 9.17) is 0 Å². The van der Waals surface area contributed by atoms with Gasteiger partial charge in [0.15, 0.2) is 5.78 Å². The molecule has 1 aromatic carbocycles. The number of carbonyl (C=O) groups excluding carboxylic acids is 2. The Morgan fingerprint density at radius 1 is 1.03 bits per heavy atom. The molecule has 1 aliphatic heterocycles. The van der Waals surface area contributed by atoms with E-state index in [0.717, 1.165) is 57.4 Å². The van der Waals surface area contributed by atoms with Crippen LogP contribution in [0.4, 0.5) is 0 Å². The number of likely N-dealkylation sites (tertiary alicyclic amines) is 1. The molecule has 0 radical (unpaired) electrons. The summed E-state index contributed by atoms with van der Waals surface area (Å²) in [6, 6.07) is 14.1. The van der Waals surface area contributed by atoms with E-state index in [0.29, 0.717) is 5.56 Å². The molecule has 0 unspecified atom stereocenters. The Balaban J connectivity index is 1.38. The zero-order chi connectivity index (χ0) is 22.1. The van der Waals surface area contributed by atoms with Crippen molar-refractivity contribution in [3.63, 3.8) is 0 Å². The topological polar surface area (TPSA) is 53.5 Å². The van der Waals surface area contributed by atoms with Gasteiger partial charge in [0.2, 0.25) is 5.91 Å². The molecule has 0 N–H and O–H groups in total. The van der Waals surface area contributed by atoms with E-state index in [-0.39, 0.29) is 30.6 Å². The lowest BCUT2D eigenvalue weighted by Gasteiger charge is -2.36. The van der Waals surface area contributed by atoms with Gasteiger partial charge in [0.25, 0.3) is 0 Å². The van der Waals surface area contributed by atoms with Crippen LogP contribution in [0.2, 0.25) is 0 Å². The van der Waals surface area contributed by atoms with Crippen molar-refractivity contribution in [1.82, 2.24) is 14.8 Å². The van der Waals surface area contributed by atoms with Crippen molar-refractivity contribution < 1.29 is 9.59 Å². The third kappa shape index (κ3) is 7.00. The zero-order valence-corrected chi connectivity index (χ0v) is 18.9. The quantitative estimate of drug-likeness (QED) is 0.541. The maximum absolute atomic E-state index is 12.7. The Morgan fingerprint density at radius 2 is 1.77 bits per heavy atom. The van der Waals surface area contributed by atoms with E-state index in [1.54, 1.807) is 0 Å². The second kappa shape index (κ2) is 11.8. The summed E-state index contributed by atoms with van der Waals surface area (Å²) in [5, 5.41) is 0. The summed E-state index contributed by atoms with van der Waals surface area (Å²) in [4.78, 5) is 33.8. The molecule has 166 valence electrons. The van der Waals surface area contributed by atoms with Crippen LogP contribution in [0.25, 0.3) is 0 Å². The van der Waals surface area contributed by atoms with E-state index in [1.165, 1.54) is 5.56 Å². The van der Waals surface area contributed by atoms with Crippen molar-refractivity contribution in [3.8, 4) is 0 Å². The Morgan fingerprint density at radius 3 is 2.42 bits per heavy atom. The summed E-state index contributed by atoms with van der Waals surface area (Å²) in [6.07, 6.45) is 7.45. The summed E-state index contributed by atoms with van der Waals surface area (Å²) in [7, 11) is 1.89. The fourth-order valence-corrected chi connectivity index (χ4v) is 4.24. The highest BCUT2D eigenvalue weighted by Crippen LogP contribution is 2.18. The first-order valence-electron chi connectivity index (χ1n) is 11.6. The number of hydrogen-bond acceptors (Lipinski definition) is 4. The lowest BCUT2D eigenvalue weighted by molar-refractivity contribution is -0.132. The highest BCUT2D eigenvalue weighted by atomic mass is 16.2. The molecular weight excluding hydrogens is 386 g/mol. The first-order valence-corrected chi connectivity index (χ1v) is 11.6. The molecule has 1 saturated heterocycles. The lowest BCUT2D eigenvalue weighted by atomic mass is 10.0. The molecule has 2 aromatic rings. The molecule has 2 heterocycles. The molecule has 0 saturated carbocycles. The van der Waals surface area contributed by atoms with Crippen LogP contribution in [0.15, 0.2) is 48.7 Å². The highest BCUT2D eigenvalue weighted by Gasteiger charge is 2.25. The van der Waals surface area contributed by atoms with Crippen molar-refractivity contribution in [1.29, 1.82) is 0 Å². The molecule has 0 atom stereocenters. The smallest absolute Gasteiger partial charge is 0.223 e. The molecule has 1 fully saturated rings. The summed E-state index contributed by atoms with van der Waals surface area (Å²) in [6.45, 7) is 5.15. The molecule has 5 nitrogen and oxygen atoms in total. The number of aryl methyl sites for hydroxylation is 1. The van der Waals surface area contributed by atoms with Crippen molar-refractivity contribution >= 4 is 11.7 Å². The van der Waals surface area contributed by atoms with Crippen molar-refractivity contribution in [3.05, 3.63) is 65.5 Å². The van der Waals surface area contributed by atoms with Crippen molar-refractivity contribution in [2.75, 3.05) is 26.7 Å². The Labute approximate surface area is 186 Å². The SMILES string of the molecule is CCCc1ccc(C(=O)CCC(=O)N(C)C2CCN(CCc3ccccn3)CC2)cc1. The number of hydrogen-bond donors (Lipinski definition) is 0. The predicted octanol–water partition coefficient (Wildman–Crippen LogP) is 4.16. The minimum absolute atomic E-state index is 0.0501. The molecule has 1 aliphatic rings. The maximum atomic E-state index is 12.7. The van der Waals surface area contributed by atoms with Gasteiger partial charge in [0.05, 0.1) is 0 Å². The second-order valence-electron chi connectivity index (χ2n) is 8.52. The van der Waals surface area contributed by atoms with Gasteiger partial charge in [-0.1, -0.05) is 43.7 Å². The third-order valence-corrected chi connectivity index (χ3v) is 6.29. The average molecular weight is 422 g/mol. The fraction of sp³-hybridized carbons (Fsp3) is 0.500. The van der Waals surface area contributed by atoms with Gasteiger partial charge in [0.1, 0.15) is 0 Å². The minimum Gasteiger partial charge on any atom is -0.343 e. The first kappa shape index (κ1) is 23.1. The number of benzene rings is 1. The van der Waals surface area contributed by atoms with Gasteiger partial charge in [-0.2, -0.15) is 0 Å². The largest absolute Gasteiger partial charge is 0.343 e. The number of aromatic nitrogens is 1. The van der Waals surface area contributed by atoms with E-state index >= 15 is 0 Å². The zero-order valence-electron chi connectivity index (χ0n) is 18.9. The van der Waals surface area contributed by atoms with E-state index in [9.17, 15) is 9.59 Å². The monoisotopic (exact) mass is 421 g/mol. The molecule has 0 spiro atoms. The van der Waals surface area contributed by atoms with Gasteiger partial charge in [-0.3, -0.25) is 14.6 Å². The number of amides is 1. The van der Waals surface area contributed by atoms with E-state index in [2.05, 4.69) is 22.9 Å². The van der Waals surface area contributed by atoms with Gasteiger partial charge in [-0.05, 0) is 37.0 Å². The number of pyridine rings is 1. The van der Waals surface area contributed by atoms with Crippen LogP contribution in [-0.4, -0.2) is 59.2 Å².